The second-order valence-corrected chi connectivity index (χ2v) is 5.31. The number of hydrogen-bond donors (Lipinski definition) is 1. The summed E-state index contributed by atoms with van der Waals surface area (Å²) >= 11 is 0. The van der Waals surface area contributed by atoms with E-state index in [0.29, 0.717) is 11.5 Å². The zero-order chi connectivity index (χ0) is 16.8. The molecule has 1 N–H and O–H groups in total. The van der Waals surface area contributed by atoms with Crippen LogP contribution in [0.5, 0.6) is 11.5 Å². The molecule has 0 saturated carbocycles. The predicted molar refractivity (Wildman–Crippen MR) is 93.1 cm³/mol. The maximum absolute atomic E-state index is 12.0. The van der Waals surface area contributed by atoms with Crippen molar-refractivity contribution >= 4 is 17.7 Å². The number of anilines is 1. The van der Waals surface area contributed by atoms with E-state index in [1.54, 1.807) is 26.4 Å². The Kier molecular flexibility index (Phi) is 5.41. The lowest BCUT2D eigenvalue weighted by molar-refractivity contribution is -0.111. The summed E-state index contributed by atoms with van der Waals surface area (Å²) in [6, 6.07) is 11.4. The third-order valence-corrected chi connectivity index (χ3v) is 3.32. The maximum atomic E-state index is 12.0. The number of amides is 1. The molecule has 4 heteroatoms. The average Bonchev–Trinajstić information content (AvgIpc) is 2.51. The summed E-state index contributed by atoms with van der Waals surface area (Å²) in [5.41, 5.74) is 3.89. The van der Waals surface area contributed by atoms with Crippen LogP contribution in [0.3, 0.4) is 0 Å². The van der Waals surface area contributed by atoms with Crippen LogP contribution in [0.2, 0.25) is 0 Å². The molecule has 0 aromatic heterocycles. The number of hydrogen-bond acceptors (Lipinski definition) is 3. The quantitative estimate of drug-likeness (QED) is 0.850. The minimum Gasteiger partial charge on any atom is -0.493 e. The molecule has 0 atom stereocenters. The molecule has 0 bridgehead atoms. The standard InChI is InChI=1S/C19H21NO3/c1-13-9-14(2)11-16(10-13)20-19(21)8-6-15-5-7-17(22-3)18(12-15)23-4/h5-12H,1-4H3,(H,20,21)/b8-6+. The fourth-order valence-electron chi connectivity index (χ4n) is 2.36. The van der Waals surface area contributed by atoms with Crippen molar-refractivity contribution in [1.29, 1.82) is 0 Å². The van der Waals surface area contributed by atoms with Crippen molar-refractivity contribution in [3.8, 4) is 11.5 Å². The Morgan fingerprint density at radius 2 is 1.61 bits per heavy atom. The zero-order valence-electron chi connectivity index (χ0n) is 13.8. The molecule has 4 nitrogen and oxygen atoms in total. The first-order chi connectivity index (χ1) is 11.0. The Hall–Kier alpha value is -2.75. The van der Waals surface area contributed by atoms with Gasteiger partial charge in [0.05, 0.1) is 14.2 Å². The molecule has 23 heavy (non-hydrogen) atoms. The molecule has 0 fully saturated rings. The van der Waals surface area contributed by atoms with Gasteiger partial charge in [-0.2, -0.15) is 0 Å². The summed E-state index contributed by atoms with van der Waals surface area (Å²) < 4.78 is 10.4. The Morgan fingerprint density at radius 3 is 2.22 bits per heavy atom. The molecular weight excluding hydrogens is 290 g/mol. The van der Waals surface area contributed by atoms with Crippen molar-refractivity contribution < 1.29 is 14.3 Å². The molecule has 0 aliphatic carbocycles. The SMILES string of the molecule is COc1ccc(/C=C/C(=O)Nc2cc(C)cc(C)c2)cc1OC. The molecule has 2 aromatic rings. The van der Waals surface area contributed by atoms with E-state index in [4.69, 9.17) is 9.47 Å². The van der Waals surface area contributed by atoms with Gasteiger partial charge in [0.25, 0.3) is 0 Å². The van der Waals surface area contributed by atoms with Gasteiger partial charge >= 0.3 is 0 Å². The van der Waals surface area contributed by atoms with Crippen LogP contribution in [-0.4, -0.2) is 20.1 Å². The number of carbonyl (C=O) groups excluding carboxylic acids is 1. The Morgan fingerprint density at radius 1 is 0.957 bits per heavy atom. The van der Waals surface area contributed by atoms with Gasteiger partial charge in [0, 0.05) is 11.8 Å². The van der Waals surface area contributed by atoms with Crippen LogP contribution in [0, 0.1) is 13.8 Å². The number of aryl methyl sites for hydroxylation is 2. The van der Waals surface area contributed by atoms with E-state index in [1.165, 1.54) is 6.08 Å². The van der Waals surface area contributed by atoms with Crippen LogP contribution in [0.1, 0.15) is 16.7 Å². The van der Waals surface area contributed by atoms with Crippen LogP contribution in [0.15, 0.2) is 42.5 Å². The van der Waals surface area contributed by atoms with Crippen molar-refractivity contribution in [1.82, 2.24) is 0 Å². The Balaban J connectivity index is 2.09. The molecule has 0 radical (unpaired) electrons. The lowest BCUT2D eigenvalue weighted by atomic mass is 10.1. The van der Waals surface area contributed by atoms with Gasteiger partial charge in [-0.05, 0) is 60.9 Å². The molecule has 0 saturated heterocycles. The first kappa shape index (κ1) is 16.6. The highest BCUT2D eigenvalue weighted by molar-refractivity contribution is 6.02. The maximum Gasteiger partial charge on any atom is 0.248 e. The Labute approximate surface area is 136 Å². The number of carbonyl (C=O) groups is 1. The van der Waals surface area contributed by atoms with Crippen molar-refractivity contribution in [2.45, 2.75) is 13.8 Å². The molecule has 0 aliphatic rings. The van der Waals surface area contributed by atoms with Crippen LogP contribution < -0.4 is 14.8 Å². The van der Waals surface area contributed by atoms with Crippen LogP contribution in [0.25, 0.3) is 6.08 Å². The van der Waals surface area contributed by atoms with Crippen molar-refractivity contribution in [2.75, 3.05) is 19.5 Å². The van der Waals surface area contributed by atoms with Gasteiger partial charge in [-0.1, -0.05) is 12.1 Å². The summed E-state index contributed by atoms with van der Waals surface area (Å²) in [4.78, 5) is 12.0. The van der Waals surface area contributed by atoms with E-state index in [9.17, 15) is 4.79 Å². The second kappa shape index (κ2) is 7.49. The van der Waals surface area contributed by atoms with Crippen molar-refractivity contribution in [2.24, 2.45) is 0 Å². The summed E-state index contributed by atoms with van der Waals surface area (Å²) in [6.07, 6.45) is 3.23. The fourth-order valence-corrected chi connectivity index (χ4v) is 2.36. The van der Waals surface area contributed by atoms with Gasteiger partial charge < -0.3 is 14.8 Å². The molecule has 0 aliphatic heterocycles. The van der Waals surface area contributed by atoms with Crippen molar-refractivity contribution in [3.05, 3.63) is 59.2 Å². The van der Waals surface area contributed by atoms with Gasteiger partial charge in [0.1, 0.15) is 0 Å². The summed E-state index contributed by atoms with van der Waals surface area (Å²) in [5, 5.41) is 2.86. The van der Waals surface area contributed by atoms with E-state index in [2.05, 4.69) is 11.4 Å². The highest BCUT2D eigenvalue weighted by atomic mass is 16.5. The van der Waals surface area contributed by atoms with Crippen LogP contribution >= 0.6 is 0 Å². The van der Waals surface area contributed by atoms with Gasteiger partial charge in [0.2, 0.25) is 5.91 Å². The highest BCUT2D eigenvalue weighted by Crippen LogP contribution is 2.28. The van der Waals surface area contributed by atoms with Gasteiger partial charge in [-0.3, -0.25) is 4.79 Å². The summed E-state index contributed by atoms with van der Waals surface area (Å²) in [5.74, 6) is 1.11. The normalized spacial score (nSPS) is 10.6. The molecule has 120 valence electrons. The number of methoxy groups -OCH3 is 2. The van der Waals surface area contributed by atoms with E-state index < -0.39 is 0 Å². The molecule has 1 amide bonds. The van der Waals surface area contributed by atoms with Crippen LogP contribution in [-0.2, 0) is 4.79 Å². The molecule has 0 heterocycles. The monoisotopic (exact) mass is 311 g/mol. The van der Waals surface area contributed by atoms with Gasteiger partial charge in [-0.15, -0.1) is 0 Å². The first-order valence-corrected chi connectivity index (χ1v) is 7.31. The second-order valence-electron chi connectivity index (χ2n) is 5.31. The number of rotatable bonds is 5. The lowest BCUT2D eigenvalue weighted by Gasteiger charge is -2.08. The minimum atomic E-state index is -0.176. The van der Waals surface area contributed by atoms with E-state index >= 15 is 0 Å². The zero-order valence-corrected chi connectivity index (χ0v) is 13.8. The van der Waals surface area contributed by atoms with Gasteiger partial charge in [-0.25, -0.2) is 0 Å². The average molecular weight is 311 g/mol. The van der Waals surface area contributed by atoms with Crippen molar-refractivity contribution in [3.63, 3.8) is 0 Å². The summed E-state index contributed by atoms with van der Waals surface area (Å²) in [6.45, 7) is 4.00. The van der Waals surface area contributed by atoms with Crippen LogP contribution in [0.4, 0.5) is 5.69 Å². The van der Waals surface area contributed by atoms with E-state index in [1.807, 2.05) is 38.1 Å². The lowest BCUT2D eigenvalue weighted by Crippen LogP contribution is -2.08. The molecule has 0 unspecified atom stereocenters. The first-order valence-electron chi connectivity index (χ1n) is 7.31. The predicted octanol–water partition coefficient (Wildman–Crippen LogP) is 3.97. The summed E-state index contributed by atoms with van der Waals surface area (Å²) in [7, 11) is 3.17. The molecule has 0 spiro atoms. The Bertz CT molecular complexity index is 715. The number of ether oxygens (including phenoxy) is 2. The fraction of sp³-hybridized carbons (Fsp3) is 0.211. The third kappa shape index (κ3) is 4.61. The van der Waals surface area contributed by atoms with Gasteiger partial charge in [0.15, 0.2) is 11.5 Å². The topological polar surface area (TPSA) is 47.6 Å². The van der Waals surface area contributed by atoms with E-state index in [-0.39, 0.29) is 5.91 Å². The minimum absolute atomic E-state index is 0.176. The molecule has 2 rings (SSSR count). The third-order valence-electron chi connectivity index (χ3n) is 3.32. The highest BCUT2D eigenvalue weighted by Gasteiger charge is 2.04. The molecular formula is C19H21NO3. The van der Waals surface area contributed by atoms with E-state index in [0.717, 1.165) is 22.4 Å². The largest absolute Gasteiger partial charge is 0.493 e. The smallest absolute Gasteiger partial charge is 0.248 e. The molecule has 2 aromatic carbocycles. The number of nitrogens with one attached hydrogen (secondary N) is 1. The number of benzene rings is 2.